The summed E-state index contributed by atoms with van der Waals surface area (Å²) in [5.41, 5.74) is 0.165. The predicted molar refractivity (Wildman–Crippen MR) is 115 cm³/mol. The molecule has 0 amide bonds. The molecule has 4 heteroatoms. The van der Waals surface area contributed by atoms with Crippen LogP contribution in [-0.2, 0) is 9.47 Å². The zero-order valence-electron chi connectivity index (χ0n) is 17.7. The van der Waals surface area contributed by atoms with Crippen molar-refractivity contribution in [2.45, 2.75) is 71.0 Å². The van der Waals surface area contributed by atoms with Gasteiger partial charge < -0.3 is 9.47 Å². The van der Waals surface area contributed by atoms with Gasteiger partial charge >= 0.3 is 11.9 Å². The van der Waals surface area contributed by atoms with E-state index in [2.05, 4.69) is 6.92 Å². The monoisotopic (exact) mass is 396 g/mol. The normalized spacial score (nSPS) is 13.9. The summed E-state index contributed by atoms with van der Waals surface area (Å²) in [6, 6.07) is 17.9. The first-order valence-corrected chi connectivity index (χ1v) is 10.6. The van der Waals surface area contributed by atoms with E-state index in [-0.39, 0.29) is 11.9 Å². The second kappa shape index (κ2) is 11.4. The number of unbranched alkanes of at least 4 members (excludes halogenated alkanes) is 1. The first-order valence-electron chi connectivity index (χ1n) is 10.6. The number of hydrogen-bond acceptors (Lipinski definition) is 4. The van der Waals surface area contributed by atoms with Crippen molar-refractivity contribution in [3.8, 4) is 0 Å². The molecule has 2 unspecified atom stereocenters. The fourth-order valence-corrected chi connectivity index (χ4v) is 3.51. The molecule has 0 heterocycles. The molecule has 0 aliphatic heterocycles. The molecule has 0 fully saturated rings. The first-order chi connectivity index (χ1) is 14.1. The van der Waals surface area contributed by atoms with Crippen molar-refractivity contribution >= 4 is 11.9 Å². The van der Waals surface area contributed by atoms with Gasteiger partial charge in [-0.1, -0.05) is 70.0 Å². The first kappa shape index (κ1) is 22.7. The third-order valence-electron chi connectivity index (χ3n) is 5.25. The minimum atomic E-state index is -0.844. The van der Waals surface area contributed by atoms with E-state index >= 15 is 0 Å². The Kier molecular flexibility index (Phi) is 8.91. The molecule has 0 saturated carbocycles. The van der Waals surface area contributed by atoms with E-state index < -0.39 is 11.7 Å². The molecule has 29 heavy (non-hydrogen) atoms. The van der Waals surface area contributed by atoms with Crippen LogP contribution in [0.25, 0.3) is 0 Å². The molecule has 0 bridgehead atoms. The maximum absolute atomic E-state index is 12.9. The van der Waals surface area contributed by atoms with Gasteiger partial charge in [-0.25, -0.2) is 9.59 Å². The summed E-state index contributed by atoms with van der Waals surface area (Å²) in [4.78, 5) is 25.6. The van der Waals surface area contributed by atoms with Crippen LogP contribution >= 0.6 is 0 Å². The number of hydrogen-bond donors (Lipinski definition) is 0. The Labute approximate surface area is 174 Å². The summed E-state index contributed by atoms with van der Waals surface area (Å²) in [7, 11) is 0. The maximum Gasteiger partial charge on any atom is 0.338 e. The Morgan fingerprint density at radius 3 is 1.86 bits per heavy atom. The zero-order chi connectivity index (χ0) is 21.1. The number of benzene rings is 2. The van der Waals surface area contributed by atoms with Crippen molar-refractivity contribution in [1.82, 2.24) is 0 Å². The van der Waals surface area contributed by atoms with Gasteiger partial charge in [0.05, 0.1) is 11.1 Å². The zero-order valence-corrected chi connectivity index (χ0v) is 17.7. The van der Waals surface area contributed by atoms with Crippen molar-refractivity contribution in [3.05, 3.63) is 71.8 Å². The smallest absolute Gasteiger partial charge is 0.338 e. The lowest BCUT2D eigenvalue weighted by molar-refractivity contribution is -0.107. The van der Waals surface area contributed by atoms with E-state index in [9.17, 15) is 9.59 Å². The van der Waals surface area contributed by atoms with Crippen molar-refractivity contribution < 1.29 is 19.1 Å². The highest BCUT2D eigenvalue weighted by atomic mass is 16.6. The summed E-state index contributed by atoms with van der Waals surface area (Å²) in [6.45, 7) is 6.14. The van der Waals surface area contributed by atoms with Crippen molar-refractivity contribution in [2.75, 3.05) is 0 Å². The van der Waals surface area contributed by atoms with Gasteiger partial charge in [0, 0.05) is 0 Å². The van der Waals surface area contributed by atoms with Crippen molar-refractivity contribution in [2.24, 2.45) is 0 Å². The second-order valence-electron chi connectivity index (χ2n) is 7.33. The van der Waals surface area contributed by atoms with Crippen LogP contribution in [0, 0.1) is 0 Å². The van der Waals surface area contributed by atoms with Gasteiger partial charge in [-0.15, -0.1) is 0 Å². The molecule has 0 aliphatic rings. The topological polar surface area (TPSA) is 52.6 Å². The van der Waals surface area contributed by atoms with Gasteiger partial charge in [-0.05, 0) is 49.9 Å². The van der Waals surface area contributed by atoms with E-state index in [0.717, 1.165) is 19.3 Å². The van der Waals surface area contributed by atoms with Gasteiger partial charge in [0.2, 0.25) is 0 Å². The lowest BCUT2D eigenvalue weighted by Crippen LogP contribution is -2.48. The molecule has 2 atom stereocenters. The molecular weight excluding hydrogens is 364 g/mol. The molecule has 0 radical (unpaired) electrons. The van der Waals surface area contributed by atoms with Gasteiger partial charge in [-0.2, -0.15) is 0 Å². The number of carbonyl (C=O) groups excluding carboxylic acids is 2. The molecule has 156 valence electrons. The quantitative estimate of drug-likeness (QED) is 0.424. The number of carbonyl (C=O) groups is 2. The molecule has 2 aromatic rings. The Balaban J connectivity index is 2.31. The SMILES string of the molecule is CCCCC(CC)(OC(=O)c1ccccc1)C(CCC)OC(=O)c1ccccc1. The van der Waals surface area contributed by atoms with Crippen LogP contribution in [0.2, 0.25) is 0 Å². The van der Waals surface area contributed by atoms with Crippen molar-refractivity contribution in [3.63, 3.8) is 0 Å². The number of esters is 2. The van der Waals surface area contributed by atoms with Crippen LogP contribution in [0.15, 0.2) is 60.7 Å². The van der Waals surface area contributed by atoms with Crippen LogP contribution in [0.4, 0.5) is 0 Å². The fourth-order valence-electron chi connectivity index (χ4n) is 3.51. The van der Waals surface area contributed by atoms with Gasteiger partial charge in [-0.3, -0.25) is 0 Å². The summed E-state index contributed by atoms with van der Waals surface area (Å²) < 4.78 is 12.1. The minimum absolute atomic E-state index is 0.375. The van der Waals surface area contributed by atoms with E-state index in [1.165, 1.54) is 0 Å². The third kappa shape index (κ3) is 6.18. The van der Waals surface area contributed by atoms with Gasteiger partial charge in [0.1, 0.15) is 11.7 Å². The third-order valence-corrected chi connectivity index (χ3v) is 5.25. The highest BCUT2D eigenvalue weighted by Crippen LogP contribution is 2.34. The maximum atomic E-state index is 12.9. The van der Waals surface area contributed by atoms with Gasteiger partial charge in [0.15, 0.2) is 0 Å². The standard InChI is InChI=1S/C25H32O4/c1-4-7-19-25(6-3,29-24(27)21-17-12-9-13-18-21)22(14-5-2)28-23(26)20-15-10-8-11-16-20/h8-13,15-18,22H,4-7,14,19H2,1-3H3. The van der Waals surface area contributed by atoms with E-state index in [0.29, 0.717) is 30.4 Å². The summed E-state index contributed by atoms with van der Waals surface area (Å²) in [5.74, 6) is -0.755. The largest absolute Gasteiger partial charge is 0.455 e. The Morgan fingerprint density at radius 1 is 0.828 bits per heavy atom. The summed E-state index contributed by atoms with van der Waals surface area (Å²) >= 11 is 0. The summed E-state index contributed by atoms with van der Waals surface area (Å²) in [5, 5.41) is 0. The second-order valence-corrected chi connectivity index (χ2v) is 7.33. The Bertz CT molecular complexity index is 757. The van der Waals surface area contributed by atoms with Gasteiger partial charge in [0.25, 0.3) is 0 Å². The van der Waals surface area contributed by atoms with E-state index in [1.807, 2.05) is 50.2 Å². The molecule has 0 aliphatic carbocycles. The van der Waals surface area contributed by atoms with Crippen LogP contribution in [0.1, 0.15) is 80.0 Å². The van der Waals surface area contributed by atoms with Crippen LogP contribution in [0.5, 0.6) is 0 Å². The van der Waals surface area contributed by atoms with E-state index in [4.69, 9.17) is 9.47 Å². The average Bonchev–Trinajstić information content (AvgIpc) is 2.77. The fraction of sp³-hybridized carbons (Fsp3) is 0.440. The number of rotatable bonds is 11. The molecule has 4 nitrogen and oxygen atoms in total. The molecule has 0 aromatic heterocycles. The van der Waals surface area contributed by atoms with Crippen LogP contribution < -0.4 is 0 Å². The minimum Gasteiger partial charge on any atom is -0.455 e. The predicted octanol–water partition coefficient (Wildman–Crippen LogP) is 6.21. The molecule has 2 aromatic carbocycles. The highest BCUT2D eigenvalue weighted by molar-refractivity contribution is 5.90. The van der Waals surface area contributed by atoms with E-state index in [1.54, 1.807) is 24.3 Å². The highest BCUT2D eigenvalue weighted by Gasteiger charge is 2.43. The molecule has 0 spiro atoms. The lowest BCUT2D eigenvalue weighted by Gasteiger charge is -2.39. The summed E-state index contributed by atoms with van der Waals surface area (Å²) in [6.07, 6.45) is 4.06. The van der Waals surface area contributed by atoms with Crippen LogP contribution in [0.3, 0.4) is 0 Å². The number of ether oxygens (including phenoxy) is 2. The lowest BCUT2D eigenvalue weighted by atomic mass is 9.85. The molecule has 2 rings (SSSR count). The average molecular weight is 397 g/mol. The molecule has 0 N–H and O–H groups in total. The Morgan fingerprint density at radius 2 is 1.38 bits per heavy atom. The molecular formula is C25H32O4. The molecule has 0 saturated heterocycles. The Hall–Kier alpha value is -2.62. The van der Waals surface area contributed by atoms with Crippen LogP contribution in [-0.4, -0.2) is 23.6 Å². The van der Waals surface area contributed by atoms with Crippen molar-refractivity contribution in [1.29, 1.82) is 0 Å².